The molecule has 0 aromatic rings. The number of unbranched alkanes of at least 4 members (excludes halogenated alkanes) is 2. The molecule has 0 heterocycles. The molecule has 0 aromatic heterocycles. The van der Waals surface area contributed by atoms with Crippen LogP contribution in [-0.2, 0) is 0 Å². The van der Waals surface area contributed by atoms with Gasteiger partial charge in [0.05, 0.1) is 16.1 Å². The predicted octanol–water partition coefficient (Wildman–Crippen LogP) is 5.32. The molecule has 0 spiro atoms. The zero-order valence-electron chi connectivity index (χ0n) is 11.7. The molecule has 0 saturated carbocycles. The molecule has 0 unspecified atom stereocenters. The highest BCUT2D eigenvalue weighted by atomic mass is 28.3. The van der Waals surface area contributed by atoms with Gasteiger partial charge in [0.15, 0.2) is 0 Å². The first kappa shape index (κ1) is 15.2. The third-order valence-electron chi connectivity index (χ3n) is 2.75. The van der Waals surface area contributed by atoms with Crippen molar-refractivity contribution in [1.29, 1.82) is 0 Å². The normalized spacial score (nSPS) is 13.7. The number of hydrogen-bond donors (Lipinski definition) is 0. The Kier molecular flexibility index (Phi) is 6.77. The van der Waals surface area contributed by atoms with Gasteiger partial charge in [-0.15, -0.1) is 0 Å². The fourth-order valence-electron chi connectivity index (χ4n) is 1.69. The molecular formula is C13H30Si2. The Hall–Kier alpha value is 0.174. The third kappa shape index (κ3) is 10.5. The van der Waals surface area contributed by atoms with Crippen molar-refractivity contribution >= 4 is 16.1 Å². The van der Waals surface area contributed by atoms with Crippen LogP contribution in [0, 0.1) is 0 Å². The first-order valence-corrected chi connectivity index (χ1v) is 13.4. The van der Waals surface area contributed by atoms with Crippen LogP contribution in [0.5, 0.6) is 0 Å². The van der Waals surface area contributed by atoms with E-state index in [1.54, 1.807) is 0 Å². The van der Waals surface area contributed by atoms with Gasteiger partial charge in [-0.05, 0) is 6.04 Å². The van der Waals surface area contributed by atoms with E-state index in [9.17, 15) is 0 Å². The van der Waals surface area contributed by atoms with Crippen LogP contribution in [0.25, 0.3) is 0 Å². The minimum absolute atomic E-state index is 0.905. The van der Waals surface area contributed by atoms with E-state index in [0.29, 0.717) is 0 Å². The summed E-state index contributed by atoms with van der Waals surface area (Å²) in [7, 11) is -1.86. The number of allylic oxidation sites excluding steroid dienone is 1. The molecule has 0 bridgehead atoms. The summed E-state index contributed by atoms with van der Waals surface area (Å²) in [6, 6.07) is 2.90. The first-order valence-electron chi connectivity index (χ1n) is 6.44. The summed E-state index contributed by atoms with van der Waals surface area (Å²) in [4.78, 5) is 0. The van der Waals surface area contributed by atoms with Crippen LogP contribution in [0.4, 0.5) is 0 Å². The van der Waals surface area contributed by atoms with Gasteiger partial charge in [0.2, 0.25) is 0 Å². The Morgan fingerprint density at radius 1 is 0.933 bits per heavy atom. The predicted molar refractivity (Wildman–Crippen MR) is 79.1 cm³/mol. The Labute approximate surface area is 99.2 Å². The number of hydrogen-bond acceptors (Lipinski definition) is 0. The van der Waals surface area contributed by atoms with E-state index in [1.165, 1.54) is 31.4 Å². The first-order chi connectivity index (χ1) is 6.77. The third-order valence-corrected chi connectivity index (χ3v) is 7.03. The summed E-state index contributed by atoms with van der Waals surface area (Å²) >= 11 is 0. The molecule has 0 atom stereocenters. The summed E-state index contributed by atoms with van der Waals surface area (Å²) in [6.07, 6.45) is 6.73. The van der Waals surface area contributed by atoms with Crippen molar-refractivity contribution in [2.45, 2.75) is 71.0 Å². The van der Waals surface area contributed by atoms with Gasteiger partial charge in [0.1, 0.15) is 0 Å². The quantitative estimate of drug-likeness (QED) is 0.419. The molecule has 0 aromatic carbocycles. The van der Waals surface area contributed by atoms with Crippen molar-refractivity contribution < 1.29 is 0 Å². The zero-order chi connectivity index (χ0) is 11.9. The van der Waals surface area contributed by atoms with Crippen LogP contribution in [0.3, 0.4) is 0 Å². The standard InChI is InChI=1S/C13H30Si2/c1-7-8-9-12-15(5,6)13-10-11-14(2,3)4/h10-11H,7-9,12-13H2,1-6H3/b11-10+. The summed E-state index contributed by atoms with van der Waals surface area (Å²) in [5.74, 6) is 0. The van der Waals surface area contributed by atoms with Gasteiger partial charge >= 0.3 is 0 Å². The van der Waals surface area contributed by atoms with Crippen LogP contribution in [0.2, 0.25) is 44.8 Å². The molecular weight excluding hydrogens is 212 g/mol. The summed E-state index contributed by atoms with van der Waals surface area (Å²) < 4.78 is 0. The van der Waals surface area contributed by atoms with Gasteiger partial charge < -0.3 is 0 Å². The lowest BCUT2D eigenvalue weighted by Gasteiger charge is -2.21. The molecule has 0 nitrogen and oxygen atoms in total. The Bertz CT molecular complexity index is 187. The maximum absolute atomic E-state index is 2.54. The van der Waals surface area contributed by atoms with Crippen LogP contribution < -0.4 is 0 Å². The highest BCUT2D eigenvalue weighted by Gasteiger charge is 2.18. The SMILES string of the molecule is CCCCC[Si](C)(C)C/C=C/[Si](C)(C)C. The van der Waals surface area contributed by atoms with Gasteiger partial charge in [-0.1, -0.05) is 76.7 Å². The van der Waals surface area contributed by atoms with Gasteiger partial charge in [-0.2, -0.15) is 0 Å². The molecule has 2 heteroatoms. The lowest BCUT2D eigenvalue weighted by atomic mass is 10.3. The van der Waals surface area contributed by atoms with Gasteiger partial charge in [-0.3, -0.25) is 0 Å². The van der Waals surface area contributed by atoms with Crippen molar-refractivity contribution in [1.82, 2.24) is 0 Å². The molecule has 0 rings (SSSR count). The molecule has 0 N–H and O–H groups in total. The fraction of sp³-hybridized carbons (Fsp3) is 0.846. The van der Waals surface area contributed by atoms with E-state index in [-0.39, 0.29) is 0 Å². The second kappa shape index (κ2) is 6.69. The molecule has 0 aliphatic heterocycles. The van der Waals surface area contributed by atoms with Crippen molar-refractivity contribution in [3.05, 3.63) is 11.8 Å². The van der Waals surface area contributed by atoms with Crippen LogP contribution in [0.15, 0.2) is 11.8 Å². The molecule has 0 aliphatic rings. The van der Waals surface area contributed by atoms with E-state index >= 15 is 0 Å². The summed E-state index contributed by atoms with van der Waals surface area (Å²) in [5.41, 5.74) is 2.52. The van der Waals surface area contributed by atoms with E-state index < -0.39 is 16.1 Å². The maximum atomic E-state index is 2.54. The highest BCUT2D eigenvalue weighted by molar-refractivity contribution is 6.81. The van der Waals surface area contributed by atoms with Crippen LogP contribution >= 0.6 is 0 Å². The van der Waals surface area contributed by atoms with E-state index in [0.717, 1.165) is 0 Å². The molecule has 0 aliphatic carbocycles. The van der Waals surface area contributed by atoms with E-state index in [1.807, 2.05) is 0 Å². The minimum atomic E-state index is -0.953. The van der Waals surface area contributed by atoms with Crippen molar-refractivity contribution in [2.75, 3.05) is 0 Å². The van der Waals surface area contributed by atoms with Gasteiger partial charge in [0.25, 0.3) is 0 Å². The molecule has 90 valence electrons. The minimum Gasteiger partial charge on any atom is -0.0992 e. The highest BCUT2D eigenvalue weighted by Crippen LogP contribution is 2.20. The van der Waals surface area contributed by atoms with E-state index in [2.05, 4.69) is 51.4 Å². The molecule has 0 fully saturated rings. The van der Waals surface area contributed by atoms with Gasteiger partial charge in [-0.25, -0.2) is 0 Å². The van der Waals surface area contributed by atoms with E-state index in [4.69, 9.17) is 0 Å². The molecule has 15 heavy (non-hydrogen) atoms. The smallest absolute Gasteiger partial charge is 0.0682 e. The zero-order valence-corrected chi connectivity index (χ0v) is 13.7. The average Bonchev–Trinajstić information content (AvgIpc) is 2.01. The van der Waals surface area contributed by atoms with Gasteiger partial charge in [0, 0.05) is 0 Å². The van der Waals surface area contributed by atoms with Crippen molar-refractivity contribution in [3.63, 3.8) is 0 Å². The summed E-state index contributed by atoms with van der Waals surface area (Å²) in [6.45, 7) is 14.6. The molecule has 0 radical (unpaired) electrons. The average molecular weight is 243 g/mol. The topological polar surface area (TPSA) is 0 Å². The van der Waals surface area contributed by atoms with Crippen molar-refractivity contribution in [2.24, 2.45) is 0 Å². The fourth-order valence-corrected chi connectivity index (χ4v) is 4.91. The van der Waals surface area contributed by atoms with Crippen LogP contribution in [-0.4, -0.2) is 16.1 Å². The lowest BCUT2D eigenvalue weighted by Crippen LogP contribution is -2.24. The largest absolute Gasteiger partial charge is 0.0992 e. The molecule has 0 amide bonds. The van der Waals surface area contributed by atoms with Crippen LogP contribution in [0.1, 0.15) is 26.2 Å². The Morgan fingerprint density at radius 3 is 2.00 bits per heavy atom. The Morgan fingerprint density at radius 2 is 1.53 bits per heavy atom. The second-order valence-electron chi connectivity index (χ2n) is 6.59. The lowest BCUT2D eigenvalue weighted by molar-refractivity contribution is 0.762. The monoisotopic (exact) mass is 242 g/mol. The summed E-state index contributed by atoms with van der Waals surface area (Å²) in [5, 5.41) is 0. The number of rotatable bonds is 7. The molecule has 0 saturated heterocycles. The maximum Gasteiger partial charge on any atom is 0.0682 e. The van der Waals surface area contributed by atoms with Crippen molar-refractivity contribution in [3.8, 4) is 0 Å². The Balaban J connectivity index is 3.88. The second-order valence-corrected chi connectivity index (χ2v) is 16.9.